The number of piperazine rings is 1. The van der Waals surface area contributed by atoms with Gasteiger partial charge in [-0.1, -0.05) is 16.8 Å². The largest absolute Gasteiger partial charge is 0.488 e. The second-order valence-electron chi connectivity index (χ2n) is 6.64. The van der Waals surface area contributed by atoms with Crippen LogP contribution in [0.15, 0.2) is 34.4 Å². The van der Waals surface area contributed by atoms with E-state index in [-0.39, 0.29) is 5.91 Å². The van der Waals surface area contributed by atoms with Gasteiger partial charge in [0.2, 0.25) is 0 Å². The Labute approximate surface area is 156 Å². The van der Waals surface area contributed by atoms with Crippen LogP contribution in [-0.2, 0) is 11.3 Å². The van der Waals surface area contributed by atoms with Crippen LogP contribution in [0.2, 0.25) is 5.02 Å². The maximum atomic E-state index is 12.8. The molecule has 136 valence electrons. The third-order valence-corrected chi connectivity index (χ3v) is 4.91. The summed E-state index contributed by atoms with van der Waals surface area (Å²) in [5.41, 5.74) is 2.41. The summed E-state index contributed by atoms with van der Waals surface area (Å²) < 4.78 is 11.0. The number of rotatable bonds is 3. The molecule has 2 aliphatic rings. The molecule has 1 aromatic carbocycles. The lowest BCUT2D eigenvalue weighted by atomic mass is 10.1. The maximum Gasteiger partial charge on any atom is 0.253 e. The van der Waals surface area contributed by atoms with Crippen molar-refractivity contribution in [1.29, 1.82) is 0 Å². The molecular weight excluding hydrogens is 354 g/mol. The maximum absolute atomic E-state index is 12.8. The Hall–Kier alpha value is -2.31. The van der Waals surface area contributed by atoms with Crippen LogP contribution in [0.1, 0.15) is 17.0 Å². The number of hydrogen-bond acceptors (Lipinski definition) is 5. The zero-order valence-electron chi connectivity index (χ0n) is 14.6. The smallest absolute Gasteiger partial charge is 0.253 e. The second-order valence-corrected chi connectivity index (χ2v) is 7.08. The fraction of sp³-hybridized carbons (Fsp3) is 0.368. The highest BCUT2D eigenvalue weighted by molar-refractivity contribution is 6.30. The van der Waals surface area contributed by atoms with E-state index < -0.39 is 0 Å². The Bertz CT molecular complexity index is 853. The first-order valence-electron chi connectivity index (χ1n) is 8.65. The minimum Gasteiger partial charge on any atom is -0.488 e. The van der Waals surface area contributed by atoms with Gasteiger partial charge in [0.15, 0.2) is 5.76 Å². The number of aromatic nitrogens is 1. The van der Waals surface area contributed by atoms with E-state index in [1.54, 1.807) is 6.07 Å². The molecule has 7 heteroatoms. The molecule has 0 aliphatic carbocycles. The molecule has 26 heavy (non-hydrogen) atoms. The summed E-state index contributed by atoms with van der Waals surface area (Å²) in [6.07, 6.45) is 1.89. The molecule has 1 saturated heterocycles. The Kier molecular flexibility index (Phi) is 4.70. The first-order chi connectivity index (χ1) is 12.6. The minimum atomic E-state index is 0.0331. The highest BCUT2D eigenvalue weighted by Gasteiger charge is 2.26. The molecule has 0 N–H and O–H groups in total. The Balaban J connectivity index is 1.38. The van der Waals surface area contributed by atoms with Gasteiger partial charge in [-0.2, -0.15) is 0 Å². The van der Waals surface area contributed by atoms with Crippen molar-refractivity contribution >= 4 is 23.6 Å². The van der Waals surface area contributed by atoms with Gasteiger partial charge < -0.3 is 14.2 Å². The van der Waals surface area contributed by atoms with Crippen LogP contribution >= 0.6 is 11.6 Å². The van der Waals surface area contributed by atoms with E-state index in [1.165, 1.54) is 0 Å². The number of aryl methyl sites for hydroxylation is 1. The zero-order chi connectivity index (χ0) is 18.1. The molecule has 6 nitrogen and oxygen atoms in total. The summed E-state index contributed by atoms with van der Waals surface area (Å²) in [6.45, 7) is 5.92. The standard InChI is InChI=1S/C19H20ClN3O3/c1-13-8-17(26-21-13)11-22-4-6-23(7-5-22)19(24)15-9-14-10-16(20)2-3-18(14)25-12-15/h2-3,8-10H,4-7,11-12H2,1H3. The van der Waals surface area contributed by atoms with E-state index in [2.05, 4.69) is 10.1 Å². The fourth-order valence-electron chi connectivity index (χ4n) is 3.30. The zero-order valence-corrected chi connectivity index (χ0v) is 15.3. The third kappa shape index (κ3) is 3.61. The van der Waals surface area contributed by atoms with Gasteiger partial charge >= 0.3 is 0 Å². The second kappa shape index (κ2) is 7.13. The number of carbonyl (C=O) groups is 1. The van der Waals surface area contributed by atoms with Crippen molar-refractivity contribution in [2.75, 3.05) is 32.8 Å². The fourth-order valence-corrected chi connectivity index (χ4v) is 3.48. The van der Waals surface area contributed by atoms with Gasteiger partial charge in [-0.05, 0) is 31.2 Å². The minimum absolute atomic E-state index is 0.0331. The molecule has 0 saturated carbocycles. The Morgan fingerprint density at radius 2 is 2.04 bits per heavy atom. The summed E-state index contributed by atoms with van der Waals surface area (Å²) in [5, 5.41) is 4.55. The van der Waals surface area contributed by atoms with E-state index >= 15 is 0 Å². The highest BCUT2D eigenvalue weighted by Crippen LogP contribution is 2.29. The first-order valence-corrected chi connectivity index (χ1v) is 9.03. The highest BCUT2D eigenvalue weighted by atomic mass is 35.5. The van der Waals surface area contributed by atoms with Crippen LogP contribution in [0, 0.1) is 6.92 Å². The van der Waals surface area contributed by atoms with E-state index in [4.69, 9.17) is 20.9 Å². The molecule has 0 spiro atoms. The molecule has 2 aliphatic heterocycles. The number of amides is 1. The average Bonchev–Trinajstić information content (AvgIpc) is 3.06. The summed E-state index contributed by atoms with van der Waals surface area (Å²) in [7, 11) is 0. The number of halogens is 1. The molecule has 4 rings (SSSR count). The summed E-state index contributed by atoms with van der Waals surface area (Å²) in [5.74, 6) is 1.66. The normalized spacial score (nSPS) is 17.5. The van der Waals surface area contributed by atoms with Crippen molar-refractivity contribution in [1.82, 2.24) is 15.0 Å². The van der Waals surface area contributed by atoms with Crippen LogP contribution in [0.25, 0.3) is 6.08 Å². The van der Waals surface area contributed by atoms with Gasteiger partial charge in [0.1, 0.15) is 12.4 Å². The quantitative estimate of drug-likeness (QED) is 0.828. The van der Waals surface area contributed by atoms with Gasteiger partial charge in [-0.25, -0.2) is 0 Å². The Morgan fingerprint density at radius 3 is 2.77 bits per heavy atom. The van der Waals surface area contributed by atoms with Crippen LogP contribution in [-0.4, -0.2) is 53.6 Å². The van der Waals surface area contributed by atoms with E-state index in [1.807, 2.05) is 36.1 Å². The summed E-state index contributed by atoms with van der Waals surface area (Å²) in [4.78, 5) is 17.0. The topological polar surface area (TPSA) is 58.8 Å². The van der Waals surface area contributed by atoms with Crippen LogP contribution in [0.3, 0.4) is 0 Å². The molecule has 1 aromatic heterocycles. The molecule has 1 fully saturated rings. The average molecular weight is 374 g/mol. The Morgan fingerprint density at radius 1 is 1.23 bits per heavy atom. The van der Waals surface area contributed by atoms with Crippen molar-refractivity contribution in [3.63, 3.8) is 0 Å². The lowest BCUT2D eigenvalue weighted by Crippen LogP contribution is -2.49. The van der Waals surface area contributed by atoms with E-state index in [0.717, 1.165) is 42.4 Å². The SMILES string of the molecule is Cc1cc(CN2CCN(C(=O)C3=Cc4cc(Cl)ccc4OC3)CC2)on1. The number of hydrogen-bond donors (Lipinski definition) is 0. The van der Waals surface area contributed by atoms with Crippen molar-refractivity contribution in [2.45, 2.75) is 13.5 Å². The van der Waals surface area contributed by atoms with Gasteiger partial charge in [-0.3, -0.25) is 9.69 Å². The number of ether oxygens (including phenoxy) is 1. The lowest BCUT2D eigenvalue weighted by Gasteiger charge is -2.35. The molecule has 0 radical (unpaired) electrons. The number of nitrogens with zero attached hydrogens (tertiary/aromatic N) is 3. The van der Waals surface area contributed by atoms with Crippen molar-refractivity contribution < 1.29 is 14.1 Å². The van der Waals surface area contributed by atoms with E-state index in [0.29, 0.717) is 30.3 Å². The number of fused-ring (bicyclic) bond motifs is 1. The molecule has 3 heterocycles. The molecule has 0 unspecified atom stereocenters. The van der Waals surface area contributed by atoms with Crippen LogP contribution in [0.4, 0.5) is 0 Å². The summed E-state index contributed by atoms with van der Waals surface area (Å²) >= 11 is 6.04. The monoisotopic (exact) mass is 373 g/mol. The molecular formula is C19H20ClN3O3. The molecule has 2 aromatic rings. The predicted molar refractivity (Wildman–Crippen MR) is 98.0 cm³/mol. The van der Waals surface area contributed by atoms with E-state index in [9.17, 15) is 4.79 Å². The molecule has 1 amide bonds. The summed E-state index contributed by atoms with van der Waals surface area (Å²) in [6, 6.07) is 7.39. The van der Waals surface area contributed by atoms with Gasteiger partial charge in [0, 0.05) is 42.8 Å². The van der Waals surface area contributed by atoms with Crippen LogP contribution in [0.5, 0.6) is 5.75 Å². The van der Waals surface area contributed by atoms with Crippen molar-refractivity contribution in [3.05, 3.63) is 51.9 Å². The van der Waals surface area contributed by atoms with Crippen LogP contribution < -0.4 is 4.74 Å². The third-order valence-electron chi connectivity index (χ3n) is 4.68. The first kappa shape index (κ1) is 17.1. The number of benzene rings is 1. The van der Waals surface area contributed by atoms with Gasteiger partial charge in [0.05, 0.1) is 17.8 Å². The number of carbonyl (C=O) groups excluding carboxylic acids is 1. The van der Waals surface area contributed by atoms with Crippen molar-refractivity contribution in [3.8, 4) is 5.75 Å². The van der Waals surface area contributed by atoms with Gasteiger partial charge in [-0.15, -0.1) is 0 Å². The molecule has 0 atom stereocenters. The van der Waals surface area contributed by atoms with Gasteiger partial charge in [0.25, 0.3) is 5.91 Å². The lowest BCUT2D eigenvalue weighted by molar-refractivity contribution is -0.129. The molecule has 0 bridgehead atoms. The van der Waals surface area contributed by atoms with Crippen molar-refractivity contribution in [2.24, 2.45) is 0 Å². The predicted octanol–water partition coefficient (Wildman–Crippen LogP) is 2.76.